The molecule has 0 unspecified atom stereocenters. The highest BCUT2D eigenvalue weighted by Crippen LogP contribution is 2.36. The molecule has 0 saturated carbocycles. The Labute approximate surface area is 160 Å². The number of fused-ring (bicyclic) bond motifs is 5. The number of pyridine rings is 2. The van der Waals surface area contributed by atoms with Gasteiger partial charge in [0, 0.05) is 28.7 Å². The number of furan rings is 1. The topological polar surface area (TPSA) is 43.9 Å². The largest absolute Gasteiger partial charge is 0.464 e. The fraction of sp³-hybridized carbons (Fsp3) is 0. The van der Waals surface area contributed by atoms with Crippen LogP contribution in [-0.4, -0.2) is 14.5 Å². The molecule has 132 valence electrons. The van der Waals surface area contributed by atoms with Crippen molar-refractivity contribution in [1.29, 1.82) is 0 Å². The summed E-state index contributed by atoms with van der Waals surface area (Å²) in [6, 6.07) is 24.7. The summed E-state index contributed by atoms with van der Waals surface area (Å²) in [5.41, 5.74) is 5.00. The van der Waals surface area contributed by atoms with Crippen molar-refractivity contribution >= 4 is 32.8 Å². The highest BCUT2D eigenvalue weighted by molar-refractivity contribution is 6.19. The fourth-order valence-electron chi connectivity index (χ4n) is 3.95. The van der Waals surface area contributed by atoms with Crippen molar-refractivity contribution in [3.05, 3.63) is 91.5 Å². The van der Waals surface area contributed by atoms with Crippen molar-refractivity contribution < 1.29 is 4.42 Å². The van der Waals surface area contributed by atoms with Gasteiger partial charge in [-0.15, -0.1) is 0 Å². The van der Waals surface area contributed by atoms with E-state index in [1.807, 2.05) is 42.6 Å². The van der Waals surface area contributed by atoms with Crippen LogP contribution in [0.1, 0.15) is 0 Å². The van der Waals surface area contributed by atoms with Crippen LogP contribution in [0.3, 0.4) is 0 Å². The number of hydrogen-bond donors (Lipinski definition) is 0. The molecule has 4 aromatic heterocycles. The Morgan fingerprint density at radius 1 is 0.786 bits per heavy atom. The first-order chi connectivity index (χ1) is 13.9. The molecule has 0 bridgehead atoms. The van der Waals surface area contributed by atoms with Crippen LogP contribution < -0.4 is 0 Å². The second kappa shape index (κ2) is 5.79. The summed E-state index contributed by atoms with van der Waals surface area (Å²) in [6.07, 6.45) is 5.36. The van der Waals surface area contributed by atoms with Crippen LogP contribution in [0.4, 0.5) is 0 Å². The molecular formula is C24H15N3O. The number of rotatable bonds is 2. The first-order valence-corrected chi connectivity index (χ1v) is 9.17. The van der Waals surface area contributed by atoms with Crippen molar-refractivity contribution in [1.82, 2.24) is 14.5 Å². The van der Waals surface area contributed by atoms with Crippen LogP contribution in [0.5, 0.6) is 0 Å². The zero-order chi connectivity index (χ0) is 18.5. The van der Waals surface area contributed by atoms with Crippen molar-refractivity contribution in [2.75, 3.05) is 0 Å². The molecule has 6 rings (SSSR count). The van der Waals surface area contributed by atoms with E-state index in [9.17, 15) is 0 Å². The monoisotopic (exact) mass is 361 g/mol. The minimum atomic E-state index is 0.874. The van der Waals surface area contributed by atoms with E-state index < -0.39 is 0 Å². The number of nitrogens with zero attached hydrogens (tertiary/aromatic N) is 3. The maximum Gasteiger partial charge on any atom is 0.143 e. The standard InChI is InChI=1S/C24H15N3O/c1-2-8-20-18(6-1)23-21(11-10-16-12-14-28-24(16)23)27(20)22-9-3-7-19(26-22)17-5-4-13-25-15-17/h1-15H. The molecule has 2 aromatic carbocycles. The first kappa shape index (κ1) is 15.2. The van der Waals surface area contributed by atoms with E-state index in [4.69, 9.17) is 9.40 Å². The van der Waals surface area contributed by atoms with Gasteiger partial charge in [0.05, 0.1) is 28.4 Å². The quantitative estimate of drug-likeness (QED) is 0.381. The van der Waals surface area contributed by atoms with Crippen LogP contribution in [0.15, 0.2) is 95.9 Å². The summed E-state index contributed by atoms with van der Waals surface area (Å²) in [6.45, 7) is 0. The third kappa shape index (κ3) is 2.12. The highest BCUT2D eigenvalue weighted by atomic mass is 16.3. The first-order valence-electron chi connectivity index (χ1n) is 9.17. The molecule has 0 aliphatic carbocycles. The molecule has 0 aliphatic rings. The Morgan fingerprint density at radius 3 is 2.68 bits per heavy atom. The molecule has 0 saturated heterocycles. The molecule has 6 aromatic rings. The van der Waals surface area contributed by atoms with Gasteiger partial charge in [-0.1, -0.05) is 24.3 Å². The van der Waals surface area contributed by atoms with E-state index >= 15 is 0 Å². The molecule has 4 heterocycles. The number of para-hydroxylation sites is 1. The normalized spacial score (nSPS) is 11.6. The summed E-state index contributed by atoms with van der Waals surface area (Å²) in [4.78, 5) is 9.17. The molecule has 4 heteroatoms. The zero-order valence-electron chi connectivity index (χ0n) is 14.9. The Hall–Kier alpha value is -3.92. The predicted octanol–water partition coefficient (Wildman–Crippen LogP) is 5.99. The van der Waals surface area contributed by atoms with Crippen molar-refractivity contribution in [2.24, 2.45) is 0 Å². The molecule has 0 atom stereocenters. The number of hydrogen-bond acceptors (Lipinski definition) is 3. The molecule has 0 spiro atoms. The maximum absolute atomic E-state index is 5.84. The Bertz CT molecular complexity index is 1460. The molecule has 0 radical (unpaired) electrons. The second-order valence-corrected chi connectivity index (χ2v) is 6.77. The Balaban J connectivity index is 1.71. The van der Waals surface area contributed by atoms with Gasteiger partial charge in [0.25, 0.3) is 0 Å². The van der Waals surface area contributed by atoms with E-state index in [-0.39, 0.29) is 0 Å². The molecule has 0 N–H and O–H groups in total. The average Bonchev–Trinajstić information content (AvgIpc) is 3.36. The van der Waals surface area contributed by atoms with Gasteiger partial charge >= 0.3 is 0 Å². The molecular weight excluding hydrogens is 346 g/mol. The van der Waals surface area contributed by atoms with Crippen LogP contribution in [0.2, 0.25) is 0 Å². The smallest absolute Gasteiger partial charge is 0.143 e. The molecule has 0 fully saturated rings. The van der Waals surface area contributed by atoms with E-state index in [2.05, 4.69) is 45.9 Å². The summed E-state index contributed by atoms with van der Waals surface area (Å²) in [5, 5.41) is 3.38. The third-order valence-electron chi connectivity index (χ3n) is 5.18. The van der Waals surface area contributed by atoms with Crippen LogP contribution in [-0.2, 0) is 0 Å². The van der Waals surface area contributed by atoms with Gasteiger partial charge in [-0.25, -0.2) is 4.98 Å². The second-order valence-electron chi connectivity index (χ2n) is 6.77. The Kier molecular flexibility index (Phi) is 3.14. The molecule has 0 amide bonds. The van der Waals surface area contributed by atoms with E-state index in [1.165, 1.54) is 0 Å². The fourth-order valence-corrected chi connectivity index (χ4v) is 3.95. The van der Waals surface area contributed by atoms with Gasteiger partial charge in [-0.2, -0.15) is 0 Å². The lowest BCUT2D eigenvalue weighted by molar-refractivity contribution is 0.619. The zero-order valence-corrected chi connectivity index (χ0v) is 14.9. The van der Waals surface area contributed by atoms with Crippen LogP contribution >= 0.6 is 0 Å². The number of aromatic nitrogens is 3. The molecule has 28 heavy (non-hydrogen) atoms. The lowest BCUT2D eigenvalue weighted by Crippen LogP contribution is -1.98. The van der Waals surface area contributed by atoms with Gasteiger partial charge in [-0.3, -0.25) is 9.55 Å². The van der Waals surface area contributed by atoms with Crippen molar-refractivity contribution in [3.63, 3.8) is 0 Å². The van der Waals surface area contributed by atoms with E-state index in [0.29, 0.717) is 0 Å². The third-order valence-corrected chi connectivity index (χ3v) is 5.18. The summed E-state index contributed by atoms with van der Waals surface area (Å²) in [7, 11) is 0. The molecule has 4 nitrogen and oxygen atoms in total. The number of benzene rings is 2. The lowest BCUT2D eigenvalue weighted by Gasteiger charge is -2.09. The summed E-state index contributed by atoms with van der Waals surface area (Å²) in [5.74, 6) is 0.874. The molecule has 0 aliphatic heterocycles. The van der Waals surface area contributed by atoms with Crippen LogP contribution in [0, 0.1) is 0 Å². The van der Waals surface area contributed by atoms with Gasteiger partial charge < -0.3 is 4.42 Å². The minimum Gasteiger partial charge on any atom is -0.464 e. The van der Waals surface area contributed by atoms with Gasteiger partial charge in [-0.05, 0) is 48.5 Å². The van der Waals surface area contributed by atoms with Crippen molar-refractivity contribution in [3.8, 4) is 17.1 Å². The SMILES string of the molecule is c1cncc(-c2cccc(-n3c4ccccc4c4c5occc5ccc43)n2)c1. The van der Waals surface area contributed by atoms with E-state index in [0.717, 1.165) is 49.9 Å². The van der Waals surface area contributed by atoms with Crippen LogP contribution in [0.25, 0.3) is 49.9 Å². The van der Waals surface area contributed by atoms with Gasteiger partial charge in [0.1, 0.15) is 11.4 Å². The van der Waals surface area contributed by atoms with Gasteiger partial charge in [0.15, 0.2) is 0 Å². The minimum absolute atomic E-state index is 0.874. The average molecular weight is 361 g/mol. The van der Waals surface area contributed by atoms with Gasteiger partial charge in [0.2, 0.25) is 0 Å². The predicted molar refractivity (Wildman–Crippen MR) is 112 cm³/mol. The lowest BCUT2D eigenvalue weighted by atomic mass is 10.1. The maximum atomic E-state index is 5.84. The Morgan fingerprint density at radius 2 is 1.75 bits per heavy atom. The van der Waals surface area contributed by atoms with E-state index in [1.54, 1.807) is 12.5 Å². The van der Waals surface area contributed by atoms with Crippen molar-refractivity contribution in [2.45, 2.75) is 0 Å². The summed E-state index contributed by atoms with van der Waals surface area (Å²) < 4.78 is 8.04. The summed E-state index contributed by atoms with van der Waals surface area (Å²) >= 11 is 0. The highest BCUT2D eigenvalue weighted by Gasteiger charge is 2.16.